The zero-order valence-electron chi connectivity index (χ0n) is 11.7. The van der Waals surface area contributed by atoms with Crippen molar-refractivity contribution in [2.45, 2.75) is 32.2 Å². The van der Waals surface area contributed by atoms with Crippen LogP contribution in [0.3, 0.4) is 0 Å². The fraction of sp³-hybridized carbons (Fsp3) is 0.467. The SMILES string of the molecule is COC(=O)C1(C)CN(C(C)C)c2ccc(C#N)cc21. The fourth-order valence-corrected chi connectivity index (χ4v) is 2.67. The average molecular weight is 258 g/mol. The largest absolute Gasteiger partial charge is 0.468 e. The van der Waals surface area contributed by atoms with Gasteiger partial charge in [-0.15, -0.1) is 0 Å². The maximum atomic E-state index is 12.1. The number of benzene rings is 1. The lowest BCUT2D eigenvalue weighted by Gasteiger charge is -2.26. The number of carbonyl (C=O) groups excluding carboxylic acids is 1. The maximum absolute atomic E-state index is 12.1. The molecule has 4 nitrogen and oxygen atoms in total. The topological polar surface area (TPSA) is 53.3 Å². The van der Waals surface area contributed by atoms with Crippen molar-refractivity contribution in [1.82, 2.24) is 0 Å². The summed E-state index contributed by atoms with van der Waals surface area (Å²) in [5.41, 5.74) is 1.76. The molecule has 1 aliphatic heterocycles. The Hall–Kier alpha value is -2.02. The first-order valence-electron chi connectivity index (χ1n) is 6.33. The van der Waals surface area contributed by atoms with Crippen molar-refractivity contribution in [2.75, 3.05) is 18.6 Å². The number of nitrogens with zero attached hydrogens (tertiary/aromatic N) is 2. The third-order valence-corrected chi connectivity index (χ3v) is 3.78. The van der Waals surface area contributed by atoms with Crippen LogP contribution in [0.15, 0.2) is 18.2 Å². The number of anilines is 1. The number of ether oxygens (including phenoxy) is 1. The number of hydrogen-bond acceptors (Lipinski definition) is 4. The molecule has 0 bridgehead atoms. The predicted molar refractivity (Wildman–Crippen MR) is 73.0 cm³/mol. The number of carbonyl (C=O) groups is 1. The van der Waals surface area contributed by atoms with Gasteiger partial charge in [0.05, 0.1) is 18.7 Å². The van der Waals surface area contributed by atoms with Crippen LogP contribution in [0.1, 0.15) is 31.9 Å². The summed E-state index contributed by atoms with van der Waals surface area (Å²) in [6.45, 7) is 6.64. The van der Waals surface area contributed by atoms with Crippen molar-refractivity contribution in [2.24, 2.45) is 0 Å². The van der Waals surface area contributed by atoms with Gasteiger partial charge in [-0.1, -0.05) is 0 Å². The molecule has 0 spiro atoms. The summed E-state index contributed by atoms with van der Waals surface area (Å²) in [4.78, 5) is 14.3. The second-order valence-electron chi connectivity index (χ2n) is 5.39. The van der Waals surface area contributed by atoms with E-state index in [2.05, 4.69) is 24.8 Å². The van der Waals surface area contributed by atoms with E-state index in [0.717, 1.165) is 11.3 Å². The Balaban J connectivity index is 2.60. The lowest BCUT2D eigenvalue weighted by molar-refractivity contribution is -0.146. The minimum atomic E-state index is -0.707. The van der Waals surface area contributed by atoms with Crippen molar-refractivity contribution in [3.05, 3.63) is 29.3 Å². The lowest BCUT2D eigenvalue weighted by Crippen LogP contribution is -2.41. The Morgan fingerprint density at radius 1 is 1.53 bits per heavy atom. The van der Waals surface area contributed by atoms with E-state index in [-0.39, 0.29) is 12.0 Å². The van der Waals surface area contributed by atoms with Crippen LogP contribution in [0, 0.1) is 11.3 Å². The molecule has 0 fully saturated rings. The molecule has 1 heterocycles. The molecule has 0 aromatic heterocycles. The molecule has 19 heavy (non-hydrogen) atoms. The highest BCUT2D eigenvalue weighted by atomic mass is 16.5. The van der Waals surface area contributed by atoms with Crippen molar-refractivity contribution >= 4 is 11.7 Å². The van der Waals surface area contributed by atoms with Gasteiger partial charge in [0.15, 0.2) is 0 Å². The molecule has 0 radical (unpaired) electrons. The number of hydrogen-bond donors (Lipinski definition) is 0. The lowest BCUT2D eigenvalue weighted by atomic mass is 9.84. The smallest absolute Gasteiger partial charge is 0.317 e. The van der Waals surface area contributed by atoms with Crippen molar-refractivity contribution in [3.63, 3.8) is 0 Å². The van der Waals surface area contributed by atoms with Crippen molar-refractivity contribution in [1.29, 1.82) is 5.26 Å². The molecule has 1 aromatic rings. The van der Waals surface area contributed by atoms with Crippen LogP contribution in [-0.4, -0.2) is 25.7 Å². The Bertz CT molecular complexity index is 560. The molecule has 1 aromatic carbocycles. The fourth-order valence-electron chi connectivity index (χ4n) is 2.67. The van der Waals surface area contributed by atoms with E-state index in [0.29, 0.717) is 12.1 Å². The highest BCUT2D eigenvalue weighted by molar-refractivity contribution is 5.89. The molecule has 0 amide bonds. The average Bonchev–Trinajstić information content (AvgIpc) is 2.72. The monoisotopic (exact) mass is 258 g/mol. The Kier molecular flexibility index (Phi) is 3.23. The van der Waals surface area contributed by atoms with Gasteiger partial charge in [0.2, 0.25) is 0 Å². The minimum absolute atomic E-state index is 0.257. The maximum Gasteiger partial charge on any atom is 0.317 e. The number of esters is 1. The van der Waals surface area contributed by atoms with E-state index in [4.69, 9.17) is 10.00 Å². The number of fused-ring (bicyclic) bond motifs is 1. The van der Waals surface area contributed by atoms with Crippen molar-refractivity contribution in [3.8, 4) is 6.07 Å². The van der Waals surface area contributed by atoms with Gasteiger partial charge in [-0.05, 0) is 44.5 Å². The first-order valence-corrected chi connectivity index (χ1v) is 6.33. The van der Waals surface area contributed by atoms with E-state index >= 15 is 0 Å². The van der Waals surface area contributed by atoms with E-state index in [1.165, 1.54) is 7.11 Å². The molecule has 1 unspecified atom stereocenters. The Labute approximate surface area is 113 Å². The zero-order chi connectivity index (χ0) is 14.2. The second kappa shape index (κ2) is 4.58. The third kappa shape index (κ3) is 1.95. The van der Waals surface area contributed by atoms with Crippen LogP contribution in [-0.2, 0) is 14.9 Å². The van der Waals surface area contributed by atoms with Gasteiger partial charge in [-0.25, -0.2) is 0 Å². The molecular formula is C15H18N2O2. The minimum Gasteiger partial charge on any atom is -0.468 e. The molecule has 4 heteroatoms. The third-order valence-electron chi connectivity index (χ3n) is 3.78. The number of rotatable bonds is 2. The Morgan fingerprint density at radius 3 is 2.74 bits per heavy atom. The van der Waals surface area contributed by atoms with Crippen LogP contribution < -0.4 is 4.90 Å². The van der Waals surface area contributed by atoms with E-state index in [9.17, 15) is 4.79 Å². The summed E-state index contributed by atoms with van der Waals surface area (Å²) in [5, 5.41) is 9.03. The van der Waals surface area contributed by atoms with Gasteiger partial charge in [0.1, 0.15) is 5.41 Å². The van der Waals surface area contributed by atoms with Crippen LogP contribution >= 0.6 is 0 Å². The van der Waals surface area contributed by atoms with Crippen molar-refractivity contribution < 1.29 is 9.53 Å². The molecule has 2 rings (SSSR count). The molecule has 0 N–H and O–H groups in total. The van der Waals surface area contributed by atoms with Gasteiger partial charge in [-0.3, -0.25) is 4.79 Å². The van der Waals surface area contributed by atoms with Gasteiger partial charge >= 0.3 is 5.97 Å². The van der Waals surface area contributed by atoms with Gasteiger partial charge in [0, 0.05) is 18.3 Å². The van der Waals surface area contributed by atoms with E-state index in [1.54, 1.807) is 12.1 Å². The Morgan fingerprint density at radius 2 is 2.21 bits per heavy atom. The molecule has 0 saturated heterocycles. The van der Waals surface area contributed by atoms with Gasteiger partial charge in [-0.2, -0.15) is 5.26 Å². The molecule has 1 atom stereocenters. The molecule has 100 valence electrons. The van der Waals surface area contributed by atoms with Crippen LogP contribution in [0.2, 0.25) is 0 Å². The molecule has 0 aliphatic carbocycles. The highest BCUT2D eigenvalue weighted by Crippen LogP contribution is 2.42. The van der Waals surface area contributed by atoms with Crippen LogP contribution in [0.25, 0.3) is 0 Å². The molecule has 1 aliphatic rings. The summed E-state index contributed by atoms with van der Waals surface area (Å²) in [7, 11) is 1.40. The van der Waals surface area contributed by atoms with Gasteiger partial charge in [0.25, 0.3) is 0 Å². The first-order chi connectivity index (χ1) is 8.93. The first kappa shape index (κ1) is 13.4. The van der Waals surface area contributed by atoms with E-state index in [1.807, 2.05) is 13.0 Å². The molecular weight excluding hydrogens is 240 g/mol. The highest BCUT2D eigenvalue weighted by Gasteiger charge is 2.46. The summed E-state index contributed by atoms with van der Waals surface area (Å²) < 4.78 is 4.95. The quantitative estimate of drug-likeness (QED) is 0.763. The standard InChI is InChI=1S/C15H18N2O2/c1-10(2)17-9-15(3,14(18)19-4)12-7-11(8-16)5-6-13(12)17/h5-7,10H,9H2,1-4H3. The summed E-state index contributed by atoms with van der Waals surface area (Å²) in [6.07, 6.45) is 0. The molecule has 0 saturated carbocycles. The van der Waals surface area contributed by atoms with Gasteiger partial charge < -0.3 is 9.64 Å². The zero-order valence-corrected chi connectivity index (χ0v) is 11.7. The number of nitriles is 1. The summed E-state index contributed by atoms with van der Waals surface area (Å²) in [6, 6.07) is 7.92. The number of methoxy groups -OCH3 is 1. The normalized spacial score (nSPS) is 21.2. The predicted octanol–water partition coefficient (Wildman–Crippen LogP) is 2.22. The van der Waals surface area contributed by atoms with Crippen LogP contribution in [0.4, 0.5) is 5.69 Å². The second-order valence-corrected chi connectivity index (χ2v) is 5.39. The summed E-state index contributed by atoms with van der Waals surface area (Å²) in [5.74, 6) is -0.257. The van der Waals surface area contributed by atoms with E-state index < -0.39 is 5.41 Å². The summed E-state index contributed by atoms with van der Waals surface area (Å²) >= 11 is 0. The van der Waals surface area contributed by atoms with Crippen LogP contribution in [0.5, 0.6) is 0 Å².